The Morgan fingerprint density at radius 3 is 2.62 bits per heavy atom. The molecule has 0 fully saturated rings. The Morgan fingerprint density at radius 2 is 1.96 bits per heavy atom. The molecule has 0 saturated heterocycles. The van der Waals surface area contributed by atoms with Crippen molar-refractivity contribution in [2.45, 2.75) is 26.0 Å². The maximum absolute atomic E-state index is 13.0. The van der Waals surface area contributed by atoms with E-state index in [0.717, 1.165) is 5.82 Å². The second-order valence-electron chi connectivity index (χ2n) is 5.54. The molecule has 0 unspecified atom stereocenters. The van der Waals surface area contributed by atoms with E-state index < -0.39 is 6.10 Å². The van der Waals surface area contributed by atoms with Crippen molar-refractivity contribution in [1.82, 2.24) is 19.5 Å². The monoisotopic (exact) mass is 327 g/mol. The van der Waals surface area contributed by atoms with Crippen LogP contribution in [0.5, 0.6) is 0 Å². The van der Waals surface area contributed by atoms with Crippen LogP contribution in [0.4, 0.5) is 10.2 Å². The molecule has 124 valence electrons. The van der Waals surface area contributed by atoms with Gasteiger partial charge in [0.15, 0.2) is 5.82 Å². The number of aliphatic hydroxyl groups is 1. The molecule has 0 bridgehead atoms. The molecule has 2 heterocycles. The van der Waals surface area contributed by atoms with E-state index in [1.807, 2.05) is 18.4 Å². The van der Waals surface area contributed by atoms with E-state index in [9.17, 15) is 9.50 Å². The predicted octanol–water partition coefficient (Wildman–Crippen LogP) is 2.64. The van der Waals surface area contributed by atoms with E-state index >= 15 is 0 Å². The Morgan fingerprint density at radius 1 is 1.21 bits per heavy atom. The molecule has 0 aliphatic carbocycles. The van der Waals surface area contributed by atoms with E-state index in [4.69, 9.17) is 0 Å². The zero-order chi connectivity index (χ0) is 17.1. The van der Waals surface area contributed by atoms with Gasteiger partial charge in [0.25, 0.3) is 0 Å². The predicted molar refractivity (Wildman–Crippen MR) is 88.3 cm³/mol. The minimum Gasteiger partial charge on any atom is -0.386 e. The van der Waals surface area contributed by atoms with Crippen LogP contribution in [0.3, 0.4) is 0 Å². The average molecular weight is 327 g/mol. The summed E-state index contributed by atoms with van der Waals surface area (Å²) in [6.45, 7) is 3.70. The first kappa shape index (κ1) is 16.1. The van der Waals surface area contributed by atoms with Crippen LogP contribution >= 0.6 is 0 Å². The molecule has 0 aliphatic heterocycles. The Kier molecular flexibility index (Phi) is 4.52. The highest BCUT2D eigenvalue weighted by atomic mass is 19.1. The van der Waals surface area contributed by atoms with Gasteiger partial charge in [0.1, 0.15) is 17.5 Å². The lowest BCUT2D eigenvalue weighted by atomic mass is 10.0. The molecule has 7 heteroatoms. The van der Waals surface area contributed by atoms with Gasteiger partial charge in [-0.25, -0.2) is 14.4 Å². The van der Waals surface area contributed by atoms with Gasteiger partial charge < -0.3 is 10.4 Å². The number of nitrogens with one attached hydrogen (secondary N) is 1. The number of rotatable bonds is 5. The van der Waals surface area contributed by atoms with Crippen molar-refractivity contribution in [2.75, 3.05) is 5.32 Å². The van der Waals surface area contributed by atoms with E-state index in [-0.39, 0.29) is 11.9 Å². The maximum atomic E-state index is 13.0. The third-order valence-electron chi connectivity index (χ3n) is 3.76. The van der Waals surface area contributed by atoms with Gasteiger partial charge >= 0.3 is 0 Å². The lowest BCUT2D eigenvalue weighted by Gasteiger charge is -2.21. The molecule has 0 radical (unpaired) electrons. The second-order valence-corrected chi connectivity index (χ2v) is 5.54. The number of hydrogen-bond acceptors (Lipinski definition) is 5. The number of benzene rings is 1. The fourth-order valence-corrected chi connectivity index (χ4v) is 2.42. The van der Waals surface area contributed by atoms with Crippen LogP contribution < -0.4 is 5.32 Å². The van der Waals surface area contributed by atoms with Crippen molar-refractivity contribution in [3.63, 3.8) is 0 Å². The molecule has 2 aromatic heterocycles. The van der Waals surface area contributed by atoms with Gasteiger partial charge in [-0.05, 0) is 31.5 Å². The minimum atomic E-state index is -0.800. The van der Waals surface area contributed by atoms with Crippen LogP contribution in [-0.4, -0.2) is 30.7 Å². The van der Waals surface area contributed by atoms with E-state index in [2.05, 4.69) is 20.3 Å². The number of aromatic nitrogens is 4. The summed E-state index contributed by atoms with van der Waals surface area (Å²) in [5.41, 5.74) is 0.631. The lowest BCUT2D eigenvalue weighted by molar-refractivity contribution is 0.160. The van der Waals surface area contributed by atoms with Crippen LogP contribution in [0, 0.1) is 12.7 Å². The third-order valence-corrected chi connectivity index (χ3v) is 3.76. The van der Waals surface area contributed by atoms with Crippen molar-refractivity contribution < 1.29 is 9.50 Å². The fraction of sp³-hybridized carbons (Fsp3) is 0.235. The molecule has 3 rings (SSSR count). The number of aliphatic hydroxyl groups excluding tert-OH is 1. The summed E-state index contributed by atoms with van der Waals surface area (Å²) in [6, 6.07) is 5.45. The molecule has 2 atom stereocenters. The molecular formula is C17H18FN5O. The second kappa shape index (κ2) is 6.76. The summed E-state index contributed by atoms with van der Waals surface area (Å²) in [6.07, 6.45) is 5.92. The largest absolute Gasteiger partial charge is 0.386 e. The highest BCUT2D eigenvalue weighted by Gasteiger charge is 2.17. The number of imidazole rings is 1. The van der Waals surface area contributed by atoms with Gasteiger partial charge in [-0.3, -0.25) is 9.55 Å². The normalized spacial score (nSPS) is 13.5. The first-order chi connectivity index (χ1) is 11.5. The van der Waals surface area contributed by atoms with Gasteiger partial charge in [-0.15, -0.1) is 0 Å². The van der Waals surface area contributed by atoms with Gasteiger partial charge in [-0.2, -0.15) is 0 Å². The van der Waals surface area contributed by atoms with Crippen LogP contribution in [0.1, 0.15) is 24.4 Å². The van der Waals surface area contributed by atoms with Gasteiger partial charge in [0.05, 0.1) is 24.5 Å². The molecule has 0 aliphatic rings. The van der Waals surface area contributed by atoms with Crippen LogP contribution in [-0.2, 0) is 0 Å². The minimum absolute atomic E-state index is 0.330. The molecule has 24 heavy (non-hydrogen) atoms. The van der Waals surface area contributed by atoms with Crippen LogP contribution in [0.2, 0.25) is 0 Å². The number of aryl methyl sites for hydroxylation is 1. The molecule has 2 N–H and O–H groups in total. The molecule has 6 nitrogen and oxygen atoms in total. The Hall–Kier alpha value is -2.80. The number of halogens is 1. The molecule has 3 aromatic rings. The summed E-state index contributed by atoms with van der Waals surface area (Å²) >= 11 is 0. The average Bonchev–Trinajstić information content (AvgIpc) is 3.01. The lowest BCUT2D eigenvalue weighted by Crippen LogP contribution is -2.25. The van der Waals surface area contributed by atoms with Gasteiger partial charge in [0, 0.05) is 12.4 Å². The SMILES string of the molecule is Cc1nccn1-c1cncc(N[C@H](C)[C@@H](O)c2ccc(F)cc2)n1. The Labute approximate surface area is 139 Å². The van der Waals surface area contributed by atoms with Crippen LogP contribution in [0.15, 0.2) is 49.1 Å². The molecular weight excluding hydrogens is 309 g/mol. The first-order valence-electron chi connectivity index (χ1n) is 7.57. The van der Waals surface area contributed by atoms with Crippen molar-refractivity contribution >= 4 is 5.82 Å². The van der Waals surface area contributed by atoms with Crippen molar-refractivity contribution in [3.8, 4) is 5.82 Å². The first-order valence-corrected chi connectivity index (χ1v) is 7.57. The smallest absolute Gasteiger partial charge is 0.159 e. The Balaban J connectivity index is 1.76. The molecule has 0 spiro atoms. The molecule has 0 saturated carbocycles. The summed E-state index contributed by atoms with van der Waals surface area (Å²) in [7, 11) is 0. The van der Waals surface area contributed by atoms with Gasteiger partial charge in [0.2, 0.25) is 0 Å². The quantitative estimate of drug-likeness (QED) is 0.753. The van der Waals surface area contributed by atoms with E-state index in [1.165, 1.54) is 12.1 Å². The number of hydrogen-bond donors (Lipinski definition) is 2. The van der Waals surface area contributed by atoms with Crippen molar-refractivity contribution in [2.24, 2.45) is 0 Å². The van der Waals surface area contributed by atoms with Crippen molar-refractivity contribution in [1.29, 1.82) is 0 Å². The van der Waals surface area contributed by atoms with Crippen molar-refractivity contribution in [3.05, 3.63) is 66.3 Å². The topological polar surface area (TPSA) is 75.9 Å². The highest BCUT2D eigenvalue weighted by Crippen LogP contribution is 2.20. The highest BCUT2D eigenvalue weighted by molar-refractivity contribution is 5.38. The maximum Gasteiger partial charge on any atom is 0.159 e. The summed E-state index contributed by atoms with van der Waals surface area (Å²) in [4.78, 5) is 12.8. The zero-order valence-corrected chi connectivity index (χ0v) is 13.4. The van der Waals surface area contributed by atoms with Crippen LogP contribution in [0.25, 0.3) is 5.82 Å². The van der Waals surface area contributed by atoms with E-state index in [1.54, 1.807) is 36.9 Å². The molecule has 0 amide bonds. The zero-order valence-electron chi connectivity index (χ0n) is 13.4. The third kappa shape index (κ3) is 3.41. The summed E-state index contributed by atoms with van der Waals surface area (Å²) in [5.74, 6) is 1.65. The fourth-order valence-electron chi connectivity index (χ4n) is 2.42. The number of anilines is 1. The standard InChI is InChI=1S/C17H18FN5O/c1-11(17(24)13-3-5-14(18)6-4-13)21-15-9-19-10-16(22-15)23-8-7-20-12(23)2/h3-11,17,24H,1-2H3,(H,21,22)/t11-,17-/m1/s1. The number of nitrogens with zero attached hydrogens (tertiary/aromatic N) is 4. The summed E-state index contributed by atoms with van der Waals surface area (Å²) < 4.78 is 14.8. The Bertz CT molecular complexity index is 818. The van der Waals surface area contributed by atoms with Gasteiger partial charge in [-0.1, -0.05) is 12.1 Å². The van der Waals surface area contributed by atoms with E-state index in [0.29, 0.717) is 17.2 Å². The summed E-state index contributed by atoms with van der Waals surface area (Å²) in [5, 5.41) is 13.5. The molecule has 1 aromatic carbocycles.